The topological polar surface area (TPSA) is 55.6 Å². The molecule has 0 radical (unpaired) electrons. The highest BCUT2D eigenvalue weighted by molar-refractivity contribution is 5.97. The fourth-order valence-electron chi connectivity index (χ4n) is 2.75. The number of nitrogens with two attached hydrogens (primary N) is 1. The molecule has 1 fully saturated rings. The molecule has 4 nitrogen and oxygen atoms in total. The van der Waals surface area contributed by atoms with E-state index in [4.69, 9.17) is 10.5 Å². The molecule has 0 unspecified atom stereocenters. The maximum absolute atomic E-state index is 12.4. The third-order valence-electron chi connectivity index (χ3n) is 3.82. The first-order valence-electron chi connectivity index (χ1n) is 6.62. The number of nitrogens with zero attached hydrogens (tertiary/aromatic N) is 1. The second-order valence-corrected chi connectivity index (χ2v) is 5.46. The Kier molecular flexibility index (Phi) is 3.80. The lowest BCUT2D eigenvalue weighted by Gasteiger charge is -2.35. The SMILES string of the molecule is COc1cc(C)cc(C)c1N(C)C(=O)C1CC(N)C1. The summed E-state index contributed by atoms with van der Waals surface area (Å²) in [5.41, 5.74) is 8.80. The van der Waals surface area contributed by atoms with Crippen LogP contribution < -0.4 is 15.4 Å². The lowest BCUT2D eigenvalue weighted by Crippen LogP contribution is -2.46. The Morgan fingerprint density at radius 2 is 2.00 bits per heavy atom. The summed E-state index contributed by atoms with van der Waals surface area (Å²) in [6, 6.07) is 4.20. The summed E-state index contributed by atoms with van der Waals surface area (Å²) < 4.78 is 5.41. The molecule has 0 spiro atoms. The van der Waals surface area contributed by atoms with Gasteiger partial charge < -0.3 is 15.4 Å². The van der Waals surface area contributed by atoms with E-state index in [-0.39, 0.29) is 17.9 Å². The van der Waals surface area contributed by atoms with Gasteiger partial charge in [0.2, 0.25) is 5.91 Å². The summed E-state index contributed by atoms with van der Waals surface area (Å²) in [5.74, 6) is 0.939. The molecule has 0 heterocycles. The van der Waals surface area contributed by atoms with Gasteiger partial charge in [0.25, 0.3) is 0 Å². The molecule has 2 N–H and O–H groups in total. The molecule has 4 heteroatoms. The van der Waals surface area contributed by atoms with Crippen LogP contribution in [0.5, 0.6) is 5.75 Å². The molecule has 0 aliphatic heterocycles. The normalized spacial score (nSPS) is 21.7. The molecule has 104 valence electrons. The minimum Gasteiger partial charge on any atom is -0.495 e. The van der Waals surface area contributed by atoms with E-state index in [2.05, 4.69) is 6.07 Å². The third kappa shape index (κ3) is 2.59. The van der Waals surface area contributed by atoms with E-state index < -0.39 is 0 Å². The number of anilines is 1. The van der Waals surface area contributed by atoms with Crippen LogP contribution in [-0.4, -0.2) is 26.1 Å². The molecular formula is C15H22N2O2. The first kappa shape index (κ1) is 13.9. The first-order valence-corrected chi connectivity index (χ1v) is 6.62. The molecule has 1 aromatic rings. The van der Waals surface area contributed by atoms with Gasteiger partial charge in [0, 0.05) is 19.0 Å². The fraction of sp³-hybridized carbons (Fsp3) is 0.533. The van der Waals surface area contributed by atoms with Crippen LogP contribution in [0.4, 0.5) is 5.69 Å². The summed E-state index contributed by atoms with van der Waals surface area (Å²) in [5, 5.41) is 0. The molecule has 1 amide bonds. The summed E-state index contributed by atoms with van der Waals surface area (Å²) in [4.78, 5) is 14.1. The summed E-state index contributed by atoms with van der Waals surface area (Å²) in [6.07, 6.45) is 1.58. The second kappa shape index (κ2) is 5.21. The van der Waals surface area contributed by atoms with E-state index in [0.717, 1.165) is 35.4 Å². The van der Waals surface area contributed by atoms with Crippen LogP contribution in [0.2, 0.25) is 0 Å². The predicted octanol–water partition coefficient (Wildman–Crippen LogP) is 2.01. The van der Waals surface area contributed by atoms with Gasteiger partial charge >= 0.3 is 0 Å². The van der Waals surface area contributed by atoms with Crippen molar-refractivity contribution in [1.82, 2.24) is 0 Å². The van der Waals surface area contributed by atoms with Crippen molar-refractivity contribution in [1.29, 1.82) is 0 Å². The average Bonchev–Trinajstić information content (AvgIpc) is 2.32. The maximum Gasteiger partial charge on any atom is 0.230 e. The second-order valence-electron chi connectivity index (χ2n) is 5.46. The zero-order valence-electron chi connectivity index (χ0n) is 12.1. The van der Waals surface area contributed by atoms with Gasteiger partial charge in [0.15, 0.2) is 0 Å². The summed E-state index contributed by atoms with van der Waals surface area (Å²) in [6.45, 7) is 4.02. The van der Waals surface area contributed by atoms with Crippen LogP contribution in [0.15, 0.2) is 12.1 Å². The van der Waals surface area contributed by atoms with Crippen molar-refractivity contribution in [3.8, 4) is 5.75 Å². The van der Waals surface area contributed by atoms with Crippen LogP contribution in [0.25, 0.3) is 0 Å². The van der Waals surface area contributed by atoms with E-state index in [9.17, 15) is 4.79 Å². The fourth-order valence-corrected chi connectivity index (χ4v) is 2.75. The highest BCUT2D eigenvalue weighted by Crippen LogP contribution is 2.35. The Morgan fingerprint density at radius 3 is 2.53 bits per heavy atom. The molecule has 1 aliphatic rings. The third-order valence-corrected chi connectivity index (χ3v) is 3.82. The molecule has 0 saturated heterocycles. The molecule has 1 aromatic carbocycles. The lowest BCUT2D eigenvalue weighted by molar-refractivity contribution is -0.124. The molecule has 1 saturated carbocycles. The van der Waals surface area contributed by atoms with Crippen LogP contribution in [0.3, 0.4) is 0 Å². The van der Waals surface area contributed by atoms with E-state index in [1.807, 2.05) is 27.0 Å². The van der Waals surface area contributed by atoms with Gasteiger partial charge in [-0.2, -0.15) is 0 Å². The van der Waals surface area contributed by atoms with E-state index in [1.165, 1.54) is 0 Å². The molecular weight excluding hydrogens is 240 g/mol. The number of methoxy groups -OCH3 is 1. The van der Waals surface area contributed by atoms with Gasteiger partial charge in [-0.05, 0) is 43.9 Å². The Bertz CT molecular complexity index is 493. The first-order chi connectivity index (χ1) is 8.93. The van der Waals surface area contributed by atoms with Crippen molar-refractivity contribution < 1.29 is 9.53 Å². The predicted molar refractivity (Wildman–Crippen MR) is 76.6 cm³/mol. The minimum atomic E-state index is 0.0606. The van der Waals surface area contributed by atoms with E-state index >= 15 is 0 Å². The van der Waals surface area contributed by atoms with Crippen molar-refractivity contribution in [2.75, 3.05) is 19.1 Å². The highest BCUT2D eigenvalue weighted by Gasteiger charge is 2.35. The van der Waals surface area contributed by atoms with Crippen LogP contribution in [0, 0.1) is 19.8 Å². The number of amides is 1. The van der Waals surface area contributed by atoms with Gasteiger partial charge in [0.1, 0.15) is 5.75 Å². The van der Waals surface area contributed by atoms with Crippen LogP contribution in [-0.2, 0) is 4.79 Å². The number of ether oxygens (including phenoxy) is 1. The highest BCUT2D eigenvalue weighted by atomic mass is 16.5. The number of hydrogen-bond donors (Lipinski definition) is 1. The Balaban J connectivity index is 2.28. The smallest absolute Gasteiger partial charge is 0.230 e. The molecule has 19 heavy (non-hydrogen) atoms. The number of rotatable bonds is 3. The number of carbonyl (C=O) groups excluding carboxylic acids is 1. The number of carbonyl (C=O) groups is 1. The largest absolute Gasteiger partial charge is 0.495 e. The molecule has 0 bridgehead atoms. The van der Waals surface area contributed by atoms with Gasteiger partial charge in [-0.15, -0.1) is 0 Å². The van der Waals surface area contributed by atoms with Gasteiger partial charge in [-0.3, -0.25) is 4.79 Å². The van der Waals surface area contributed by atoms with Gasteiger partial charge in [0.05, 0.1) is 12.8 Å². The van der Waals surface area contributed by atoms with Crippen LogP contribution >= 0.6 is 0 Å². The maximum atomic E-state index is 12.4. The van der Waals surface area contributed by atoms with Crippen molar-refractivity contribution in [3.05, 3.63) is 23.3 Å². The quantitative estimate of drug-likeness (QED) is 0.906. The molecule has 0 atom stereocenters. The number of aryl methyl sites for hydroxylation is 2. The van der Waals surface area contributed by atoms with E-state index in [0.29, 0.717) is 0 Å². The minimum absolute atomic E-state index is 0.0606. The molecule has 1 aliphatic carbocycles. The van der Waals surface area contributed by atoms with Crippen molar-refractivity contribution in [2.45, 2.75) is 32.7 Å². The number of benzene rings is 1. The van der Waals surface area contributed by atoms with Gasteiger partial charge in [-0.25, -0.2) is 0 Å². The molecule has 2 rings (SSSR count). The van der Waals surface area contributed by atoms with Crippen LogP contribution in [0.1, 0.15) is 24.0 Å². The Labute approximate surface area is 114 Å². The van der Waals surface area contributed by atoms with Crippen molar-refractivity contribution >= 4 is 11.6 Å². The van der Waals surface area contributed by atoms with Crippen molar-refractivity contribution in [3.63, 3.8) is 0 Å². The zero-order valence-corrected chi connectivity index (χ0v) is 12.1. The zero-order chi connectivity index (χ0) is 14.2. The Morgan fingerprint density at radius 1 is 1.37 bits per heavy atom. The van der Waals surface area contributed by atoms with Crippen molar-refractivity contribution in [2.24, 2.45) is 11.7 Å². The summed E-state index contributed by atoms with van der Waals surface area (Å²) >= 11 is 0. The Hall–Kier alpha value is -1.55. The lowest BCUT2D eigenvalue weighted by atomic mass is 9.80. The van der Waals surface area contributed by atoms with Gasteiger partial charge in [-0.1, -0.05) is 6.07 Å². The molecule has 0 aromatic heterocycles. The summed E-state index contributed by atoms with van der Waals surface area (Å²) in [7, 11) is 3.45. The number of hydrogen-bond acceptors (Lipinski definition) is 3. The standard InChI is InChI=1S/C15H22N2O2/c1-9-5-10(2)14(13(6-9)19-4)17(3)15(18)11-7-12(16)8-11/h5-6,11-12H,7-8,16H2,1-4H3. The average molecular weight is 262 g/mol. The monoisotopic (exact) mass is 262 g/mol. The van der Waals surface area contributed by atoms with E-state index in [1.54, 1.807) is 12.0 Å².